The van der Waals surface area contributed by atoms with Gasteiger partial charge in [0, 0.05) is 12.2 Å². The topological polar surface area (TPSA) is 96.0 Å². The second kappa shape index (κ2) is 5.95. The van der Waals surface area contributed by atoms with Crippen molar-refractivity contribution in [3.63, 3.8) is 0 Å². The van der Waals surface area contributed by atoms with Gasteiger partial charge >= 0.3 is 0 Å². The Morgan fingerprint density at radius 3 is 2.43 bits per heavy atom. The number of nitrogens with two attached hydrogens (primary N) is 1. The molecule has 2 aromatic rings. The lowest BCUT2D eigenvalue weighted by Crippen LogP contribution is -2.23. The quantitative estimate of drug-likeness (QED) is 0.843. The summed E-state index contributed by atoms with van der Waals surface area (Å²) in [5, 5.41) is 8.71. The summed E-state index contributed by atoms with van der Waals surface area (Å²) in [5.74, 6) is 0. The Kier molecular flexibility index (Phi) is 4.26. The van der Waals surface area contributed by atoms with Gasteiger partial charge in [-0.05, 0) is 48.4 Å². The minimum Gasteiger partial charge on any atom is -0.399 e. The van der Waals surface area contributed by atoms with Crippen LogP contribution in [0.4, 0.5) is 5.69 Å². The Bertz CT molecular complexity index is 791. The summed E-state index contributed by atoms with van der Waals surface area (Å²) in [4.78, 5) is 0.183. The number of aryl methyl sites for hydroxylation is 1. The number of hydrogen-bond acceptors (Lipinski definition) is 4. The van der Waals surface area contributed by atoms with Gasteiger partial charge in [-0.25, -0.2) is 13.1 Å². The summed E-state index contributed by atoms with van der Waals surface area (Å²) in [6.07, 6.45) is 0. The third-order valence-electron chi connectivity index (χ3n) is 3.10. The first-order valence-corrected chi connectivity index (χ1v) is 7.75. The number of nitrogens with one attached hydrogen (secondary N) is 1. The molecule has 0 heterocycles. The van der Waals surface area contributed by atoms with E-state index in [1.807, 2.05) is 6.07 Å². The highest BCUT2D eigenvalue weighted by molar-refractivity contribution is 7.89. The molecule has 6 heteroatoms. The van der Waals surface area contributed by atoms with Crippen molar-refractivity contribution in [2.45, 2.75) is 18.4 Å². The van der Waals surface area contributed by atoms with E-state index in [-0.39, 0.29) is 11.4 Å². The highest BCUT2D eigenvalue weighted by atomic mass is 32.2. The van der Waals surface area contributed by atoms with Crippen molar-refractivity contribution in [1.29, 1.82) is 5.26 Å². The highest BCUT2D eigenvalue weighted by Crippen LogP contribution is 2.17. The summed E-state index contributed by atoms with van der Waals surface area (Å²) in [6.45, 7) is 1.92. The third kappa shape index (κ3) is 3.60. The van der Waals surface area contributed by atoms with E-state index >= 15 is 0 Å². The van der Waals surface area contributed by atoms with Gasteiger partial charge in [-0.3, -0.25) is 0 Å². The lowest BCUT2D eigenvalue weighted by Gasteiger charge is -2.08. The summed E-state index contributed by atoms with van der Waals surface area (Å²) >= 11 is 0. The first-order valence-electron chi connectivity index (χ1n) is 6.27. The lowest BCUT2D eigenvalue weighted by atomic mass is 10.1. The van der Waals surface area contributed by atoms with E-state index < -0.39 is 10.0 Å². The first kappa shape index (κ1) is 15.0. The van der Waals surface area contributed by atoms with E-state index in [2.05, 4.69) is 4.72 Å². The van der Waals surface area contributed by atoms with E-state index in [0.717, 1.165) is 11.1 Å². The van der Waals surface area contributed by atoms with Crippen molar-refractivity contribution in [2.75, 3.05) is 5.73 Å². The smallest absolute Gasteiger partial charge is 0.240 e. The molecule has 0 amide bonds. The first-order chi connectivity index (χ1) is 9.92. The van der Waals surface area contributed by atoms with Gasteiger partial charge in [-0.2, -0.15) is 5.26 Å². The van der Waals surface area contributed by atoms with Crippen LogP contribution in [0.15, 0.2) is 47.4 Å². The predicted octanol–water partition coefficient (Wildman–Crippen LogP) is 1.93. The van der Waals surface area contributed by atoms with Crippen LogP contribution in [0.25, 0.3) is 0 Å². The van der Waals surface area contributed by atoms with E-state index in [0.29, 0.717) is 11.3 Å². The van der Waals surface area contributed by atoms with Crippen LogP contribution in [0.3, 0.4) is 0 Å². The standard InChI is InChI=1S/C15H15N3O2S/c1-11-8-14(6-7-15(11)17)21(19,20)18-10-13-4-2-12(9-16)3-5-13/h2-8,18H,10,17H2,1H3. The molecule has 5 nitrogen and oxygen atoms in total. The molecule has 0 bridgehead atoms. The zero-order valence-electron chi connectivity index (χ0n) is 11.5. The van der Waals surface area contributed by atoms with Crippen molar-refractivity contribution in [3.8, 4) is 6.07 Å². The molecule has 2 rings (SSSR count). The second-order valence-corrected chi connectivity index (χ2v) is 6.42. The summed E-state index contributed by atoms with van der Waals surface area (Å²) < 4.78 is 26.9. The SMILES string of the molecule is Cc1cc(S(=O)(=O)NCc2ccc(C#N)cc2)ccc1N. The van der Waals surface area contributed by atoms with Gasteiger partial charge in [0.15, 0.2) is 0 Å². The summed E-state index contributed by atoms with van der Waals surface area (Å²) in [6, 6.07) is 13.3. The molecule has 0 aliphatic rings. The van der Waals surface area contributed by atoms with Crippen molar-refractivity contribution in [2.24, 2.45) is 0 Å². The van der Waals surface area contributed by atoms with Gasteiger partial charge in [0.2, 0.25) is 10.0 Å². The van der Waals surface area contributed by atoms with Crippen molar-refractivity contribution < 1.29 is 8.42 Å². The number of nitrogen functional groups attached to an aromatic ring is 1. The molecule has 0 saturated carbocycles. The average molecular weight is 301 g/mol. The van der Waals surface area contributed by atoms with Gasteiger partial charge < -0.3 is 5.73 Å². The molecular formula is C15H15N3O2S. The Morgan fingerprint density at radius 1 is 1.19 bits per heavy atom. The number of benzene rings is 2. The van der Waals surface area contributed by atoms with Crippen molar-refractivity contribution in [3.05, 3.63) is 59.2 Å². The number of rotatable bonds is 4. The fraction of sp³-hybridized carbons (Fsp3) is 0.133. The van der Waals surface area contributed by atoms with Crippen LogP contribution in [-0.4, -0.2) is 8.42 Å². The van der Waals surface area contributed by atoms with Crippen LogP contribution in [0.1, 0.15) is 16.7 Å². The van der Waals surface area contributed by atoms with Crippen LogP contribution in [-0.2, 0) is 16.6 Å². The van der Waals surface area contributed by atoms with Crippen LogP contribution in [0.5, 0.6) is 0 Å². The number of sulfonamides is 1. The maximum Gasteiger partial charge on any atom is 0.240 e. The predicted molar refractivity (Wildman–Crippen MR) is 80.8 cm³/mol. The highest BCUT2D eigenvalue weighted by Gasteiger charge is 2.14. The Labute approximate surface area is 124 Å². The normalized spacial score (nSPS) is 11.0. The molecule has 0 saturated heterocycles. The van der Waals surface area contributed by atoms with E-state index in [1.54, 1.807) is 37.3 Å². The van der Waals surface area contributed by atoms with Crippen LogP contribution < -0.4 is 10.5 Å². The molecule has 3 N–H and O–H groups in total. The molecule has 108 valence electrons. The average Bonchev–Trinajstić information content (AvgIpc) is 2.48. The van der Waals surface area contributed by atoms with E-state index in [9.17, 15) is 8.42 Å². The molecule has 21 heavy (non-hydrogen) atoms. The van der Waals surface area contributed by atoms with Gasteiger partial charge in [-0.15, -0.1) is 0 Å². The molecule has 0 aliphatic carbocycles. The summed E-state index contributed by atoms with van der Waals surface area (Å²) in [5.41, 5.74) is 8.28. The molecule has 0 aromatic heterocycles. The van der Waals surface area contributed by atoms with Crippen LogP contribution in [0.2, 0.25) is 0 Å². The maximum absolute atomic E-state index is 12.2. The number of anilines is 1. The number of hydrogen-bond donors (Lipinski definition) is 2. The van der Waals surface area contributed by atoms with Crippen molar-refractivity contribution in [1.82, 2.24) is 4.72 Å². The minimum atomic E-state index is -3.58. The van der Waals surface area contributed by atoms with Gasteiger partial charge in [0.05, 0.1) is 16.5 Å². The lowest BCUT2D eigenvalue weighted by molar-refractivity contribution is 0.581. The van der Waals surface area contributed by atoms with Crippen molar-refractivity contribution >= 4 is 15.7 Å². The maximum atomic E-state index is 12.2. The zero-order valence-corrected chi connectivity index (χ0v) is 12.3. The van der Waals surface area contributed by atoms with E-state index in [1.165, 1.54) is 12.1 Å². The molecule has 0 spiro atoms. The van der Waals surface area contributed by atoms with Crippen LogP contribution in [0, 0.1) is 18.3 Å². The largest absolute Gasteiger partial charge is 0.399 e. The minimum absolute atomic E-state index is 0.164. The number of nitriles is 1. The third-order valence-corrected chi connectivity index (χ3v) is 4.50. The zero-order chi connectivity index (χ0) is 15.5. The molecule has 0 fully saturated rings. The van der Waals surface area contributed by atoms with Gasteiger partial charge in [0.1, 0.15) is 0 Å². The Balaban J connectivity index is 2.13. The Hall–Kier alpha value is -2.36. The second-order valence-electron chi connectivity index (χ2n) is 4.65. The fourth-order valence-electron chi connectivity index (χ4n) is 1.77. The van der Waals surface area contributed by atoms with Gasteiger partial charge in [-0.1, -0.05) is 12.1 Å². The molecule has 0 unspecified atom stereocenters. The fourth-order valence-corrected chi connectivity index (χ4v) is 2.88. The summed E-state index contributed by atoms with van der Waals surface area (Å²) in [7, 11) is -3.58. The van der Waals surface area contributed by atoms with Gasteiger partial charge in [0.25, 0.3) is 0 Å². The van der Waals surface area contributed by atoms with E-state index in [4.69, 9.17) is 11.0 Å². The monoisotopic (exact) mass is 301 g/mol. The molecule has 0 aliphatic heterocycles. The van der Waals surface area contributed by atoms with Crippen LogP contribution >= 0.6 is 0 Å². The molecule has 0 atom stereocenters. The molecular weight excluding hydrogens is 286 g/mol. The molecule has 2 aromatic carbocycles. The Morgan fingerprint density at radius 2 is 1.86 bits per heavy atom. The molecule has 0 radical (unpaired) electrons. The number of nitrogens with zero attached hydrogens (tertiary/aromatic N) is 1.